The number of unbranched alkanes of at least 4 members (excludes halogenated alkanes) is 2. The maximum atomic E-state index is 13.6. The van der Waals surface area contributed by atoms with Gasteiger partial charge in [0, 0.05) is 42.9 Å². The molecule has 5 atom stereocenters. The zero-order chi connectivity index (χ0) is 29.6. The topological polar surface area (TPSA) is 100 Å². The molecule has 0 unspecified atom stereocenters. The molecule has 0 saturated heterocycles. The molecule has 222 valence electrons. The third-order valence-electron chi connectivity index (χ3n) is 8.62. The Balaban J connectivity index is 1.45. The number of nitrogens with one attached hydrogen (secondary N) is 2. The van der Waals surface area contributed by atoms with Gasteiger partial charge in [-0.15, -0.1) is 24.9 Å². The third kappa shape index (κ3) is 7.42. The zero-order valence-corrected chi connectivity index (χ0v) is 25.4. The van der Waals surface area contributed by atoms with E-state index in [0.29, 0.717) is 25.1 Å². The van der Waals surface area contributed by atoms with Crippen molar-refractivity contribution in [2.45, 2.75) is 70.4 Å². The van der Waals surface area contributed by atoms with Crippen molar-refractivity contribution in [1.82, 2.24) is 10.2 Å². The molecular weight excluding hydrogens is 536 g/mol. The molecule has 0 bridgehead atoms. The van der Waals surface area contributed by atoms with E-state index in [2.05, 4.69) is 35.7 Å². The number of hydrogen-bond donors (Lipinski definition) is 2. The molecule has 0 spiro atoms. The van der Waals surface area contributed by atoms with Crippen molar-refractivity contribution in [2.75, 3.05) is 31.2 Å². The minimum atomic E-state index is -0.588. The summed E-state index contributed by atoms with van der Waals surface area (Å²) in [5.41, 5.74) is 2.24. The number of aliphatic imine (C=N–C) groups is 1. The summed E-state index contributed by atoms with van der Waals surface area (Å²) in [6.45, 7) is 13.1. The van der Waals surface area contributed by atoms with Crippen LogP contribution in [0.4, 0.5) is 10.5 Å². The molecule has 0 aromatic heterocycles. The maximum Gasteiger partial charge on any atom is 0.411 e. The molecule has 41 heavy (non-hydrogen) atoms. The van der Waals surface area contributed by atoms with E-state index in [1.54, 1.807) is 23.7 Å². The Morgan fingerprint density at radius 2 is 2.00 bits per heavy atom. The number of allylic oxidation sites excluding steroid dienone is 1. The number of thioether (sulfide) groups is 1. The average Bonchev–Trinajstić information content (AvgIpc) is 3.25. The Bertz CT molecular complexity index is 1200. The highest BCUT2D eigenvalue weighted by Crippen LogP contribution is 2.47. The fourth-order valence-corrected chi connectivity index (χ4v) is 6.93. The fraction of sp³-hybridized carbons (Fsp3) is 0.562. The van der Waals surface area contributed by atoms with E-state index in [0.717, 1.165) is 60.6 Å². The van der Waals surface area contributed by atoms with Crippen LogP contribution >= 0.6 is 11.8 Å². The van der Waals surface area contributed by atoms with Crippen molar-refractivity contribution in [2.24, 2.45) is 22.7 Å². The molecule has 2 saturated carbocycles. The number of carbonyl (C=O) groups is 3. The number of anilines is 1. The Kier molecular flexibility index (Phi) is 10.3. The van der Waals surface area contributed by atoms with Crippen LogP contribution in [0, 0.1) is 24.7 Å². The third-order valence-corrected chi connectivity index (χ3v) is 9.63. The van der Waals surface area contributed by atoms with Gasteiger partial charge < -0.3 is 15.0 Å². The molecule has 0 radical (unpaired) electrons. The molecule has 9 heteroatoms. The van der Waals surface area contributed by atoms with Crippen molar-refractivity contribution in [3.63, 3.8) is 0 Å². The van der Waals surface area contributed by atoms with Gasteiger partial charge in [-0.3, -0.25) is 19.9 Å². The summed E-state index contributed by atoms with van der Waals surface area (Å²) >= 11 is 1.67. The van der Waals surface area contributed by atoms with Gasteiger partial charge >= 0.3 is 6.09 Å². The summed E-state index contributed by atoms with van der Waals surface area (Å²) in [6.07, 6.45) is 7.63. The number of benzene rings is 1. The van der Waals surface area contributed by atoms with Gasteiger partial charge in [-0.2, -0.15) is 0 Å². The molecule has 1 heterocycles. The smallest absolute Gasteiger partial charge is 0.411 e. The molecule has 1 aromatic carbocycles. The lowest BCUT2D eigenvalue weighted by molar-refractivity contribution is -0.140. The van der Waals surface area contributed by atoms with Gasteiger partial charge in [-0.1, -0.05) is 25.1 Å². The van der Waals surface area contributed by atoms with Crippen LogP contribution in [0.2, 0.25) is 0 Å². The van der Waals surface area contributed by atoms with Crippen molar-refractivity contribution >= 4 is 40.4 Å². The van der Waals surface area contributed by atoms with Crippen molar-refractivity contribution in [3.8, 4) is 0 Å². The average molecular weight is 581 g/mol. The second-order valence-electron chi connectivity index (χ2n) is 11.5. The lowest BCUT2D eigenvalue weighted by Crippen LogP contribution is -2.45. The van der Waals surface area contributed by atoms with E-state index < -0.39 is 24.0 Å². The predicted molar refractivity (Wildman–Crippen MR) is 166 cm³/mol. The Morgan fingerprint density at radius 3 is 2.66 bits per heavy atom. The quantitative estimate of drug-likeness (QED) is 0.230. The molecule has 2 fully saturated rings. The fourth-order valence-electron chi connectivity index (χ4n) is 6.04. The van der Waals surface area contributed by atoms with Crippen LogP contribution in [0.15, 0.2) is 48.5 Å². The summed E-state index contributed by atoms with van der Waals surface area (Å²) < 4.78 is 5.87. The minimum absolute atomic E-state index is 0.0749. The van der Waals surface area contributed by atoms with Gasteiger partial charge in [0.1, 0.15) is 6.10 Å². The Labute approximate surface area is 248 Å². The largest absolute Gasteiger partial charge is 0.446 e. The zero-order valence-electron chi connectivity index (χ0n) is 24.6. The molecular formula is C32H44N4O4S. The number of rotatable bonds is 13. The van der Waals surface area contributed by atoms with Crippen LogP contribution in [0.5, 0.6) is 0 Å². The highest BCUT2D eigenvalue weighted by atomic mass is 32.2. The number of amides is 3. The van der Waals surface area contributed by atoms with E-state index in [1.165, 1.54) is 0 Å². The number of ether oxygens (including phenoxy) is 1. The molecule has 2 N–H and O–H groups in total. The lowest BCUT2D eigenvalue weighted by Gasteiger charge is -2.26. The predicted octanol–water partition coefficient (Wildman–Crippen LogP) is 5.72. The van der Waals surface area contributed by atoms with Gasteiger partial charge in [0.25, 0.3) is 0 Å². The van der Waals surface area contributed by atoms with Gasteiger partial charge in [-0.05, 0) is 69.6 Å². The molecule has 8 nitrogen and oxygen atoms in total. The Hall–Kier alpha value is -3.07. The van der Waals surface area contributed by atoms with Gasteiger partial charge in [0.2, 0.25) is 11.8 Å². The van der Waals surface area contributed by atoms with Crippen LogP contribution in [0.1, 0.15) is 63.0 Å². The number of aryl methyl sites for hydroxylation is 1. The van der Waals surface area contributed by atoms with E-state index >= 15 is 0 Å². The number of hydrogen-bond acceptors (Lipinski definition) is 6. The standard InChI is InChI=1S/C32H44N4O4S/c1-6-9-10-11-15-36(5)30(38)26-19-23(18-25(26)28(37)35-32(8-3)20-22(32)7-2)40-31(39)34-27-17-21(4)12-13-24(27)29-33-14-16-41-29/h6-7,12-13,17,22-23,25-26H,1-2,8-11,14-16,18-20H2,3-5H3,(H,34,39)(H,35,37)/t22-,23-,25-,26-,32-/m1/s1. The monoisotopic (exact) mass is 580 g/mol. The number of nitrogens with zero attached hydrogens (tertiary/aromatic N) is 2. The summed E-state index contributed by atoms with van der Waals surface area (Å²) in [6, 6.07) is 5.87. The lowest BCUT2D eigenvalue weighted by atomic mass is 9.93. The van der Waals surface area contributed by atoms with Crippen LogP contribution in [0.3, 0.4) is 0 Å². The van der Waals surface area contributed by atoms with Crippen LogP contribution in [0.25, 0.3) is 0 Å². The van der Waals surface area contributed by atoms with E-state index in [9.17, 15) is 14.4 Å². The van der Waals surface area contributed by atoms with Crippen LogP contribution < -0.4 is 10.6 Å². The van der Waals surface area contributed by atoms with Gasteiger partial charge in [0.05, 0.1) is 22.6 Å². The first-order valence-electron chi connectivity index (χ1n) is 14.8. The van der Waals surface area contributed by atoms with E-state index in [1.807, 2.05) is 37.3 Å². The summed E-state index contributed by atoms with van der Waals surface area (Å²) in [4.78, 5) is 46.6. The molecule has 4 rings (SSSR count). The first-order valence-corrected chi connectivity index (χ1v) is 15.8. The first-order chi connectivity index (χ1) is 19.7. The van der Waals surface area contributed by atoms with Crippen molar-refractivity contribution in [3.05, 3.63) is 54.6 Å². The number of carbonyl (C=O) groups excluding carboxylic acids is 3. The minimum Gasteiger partial charge on any atom is -0.446 e. The molecule has 1 aromatic rings. The summed E-state index contributed by atoms with van der Waals surface area (Å²) in [5, 5.41) is 7.05. The highest BCUT2D eigenvalue weighted by Gasteiger charge is 2.54. The maximum absolute atomic E-state index is 13.6. The second kappa shape index (κ2) is 13.7. The normalized spacial score (nSPS) is 26.6. The SMILES string of the molecule is C=CCCCCN(C)C(=O)[C@@H]1C[C@H](OC(=O)Nc2cc(C)ccc2C2=NCCS2)C[C@H]1C(=O)N[C@]1(CC)C[C@H]1C=C. The molecule has 3 amide bonds. The van der Waals surface area contributed by atoms with Crippen molar-refractivity contribution < 1.29 is 19.1 Å². The van der Waals surface area contributed by atoms with Crippen LogP contribution in [-0.4, -0.2) is 65.4 Å². The summed E-state index contributed by atoms with van der Waals surface area (Å²) in [7, 11) is 1.79. The second-order valence-corrected chi connectivity index (χ2v) is 12.6. The molecule has 2 aliphatic carbocycles. The molecule has 1 aliphatic heterocycles. The molecule has 3 aliphatic rings. The highest BCUT2D eigenvalue weighted by molar-refractivity contribution is 8.14. The first kappa shape index (κ1) is 30.9. The summed E-state index contributed by atoms with van der Waals surface area (Å²) in [5.74, 6) is -0.171. The Morgan fingerprint density at radius 1 is 1.22 bits per heavy atom. The van der Waals surface area contributed by atoms with E-state index in [-0.39, 0.29) is 23.3 Å². The van der Waals surface area contributed by atoms with Crippen molar-refractivity contribution in [1.29, 1.82) is 0 Å². The van der Waals surface area contributed by atoms with Gasteiger partial charge in [-0.25, -0.2) is 4.79 Å². The van der Waals surface area contributed by atoms with Crippen LogP contribution in [-0.2, 0) is 14.3 Å². The van der Waals surface area contributed by atoms with Gasteiger partial charge in [0.15, 0.2) is 0 Å². The van der Waals surface area contributed by atoms with E-state index in [4.69, 9.17) is 4.74 Å².